The topological polar surface area (TPSA) is 76.0 Å². The third kappa shape index (κ3) is 8.57. The highest BCUT2D eigenvalue weighted by Gasteiger charge is 2.05. The first-order chi connectivity index (χ1) is 17.4. The Labute approximate surface area is 222 Å². The molecule has 0 fully saturated rings. The molecule has 3 aromatic rings. The molecule has 0 N–H and O–H groups in total. The average Bonchev–Trinajstić information content (AvgIpc) is 2.91. The lowest BCUT2D eigenvalue weighted by Crippen LogP contribution is -2.04. The number of aldehydes is 1. The van der Waals surface area contributed by atoms with Crippen LogP contribution in [0.2, 0.25) is 0 Å². The second-order valence-corrected chi connectivity index (χ2v) is 12.2. The van der Waals surface area contributed by atoms with Crippen LogP contribution in [0.25, 0.3) is 0 Å². The number of ether oxygens (including phenoxy) is 1. The Balaban J connectivity index is 1.50. The Bertz CT molecular complexity index is 1250. The van der Waals surface area contributed by atoms with Crippen LogP contribution in [0.4, 0.5) is 0 Å². The van der Waals surface area contributed by atoms with Crippen LogP contribution in [0.15, 0.2) is 83.0 Å². The van der Waals surface area contributed by atoms with Crippen molar-refractivity contribution in [1.29, 1.82) is 0 Å². The largest absolute Gasteiger partial charge is 0.497 e. The SMILES string of the molecule is COc1ccc(/C=N/N(C)[PH](=S)Oc2ccc(/C=N/N(C)[PH](=S)Oc3ccc(C=O)cc3)cc2)cc1. The van der Waals surface area contributed by atoms with Gasteiger partial charge < -0.3 is 13.8 Å². The number of carbonyl (C=O) groups excluding carboxylic acids is 1. The summed E-state index contributed by atoms with van der Waals surface area (Å²) in [5, 5.41) is 8.78. The molecular formula is C24H26N4O4P2S2. The van der Waals surface area contributed by atoms with E-state index in [9.17, 15) is 4.79 Å². The van der Waals surface area contributed by atoms with Gasteiger partial charge in [-0.2, -0.15) is 10.2 Å². The van der Waals surface area contributed by atoms with Crippen molar-refractivity contribution in [3.05, 3.63) is 89.5 Å². The summed E-state index contributed by atoms with van der Waals surface area (Å²) < 4.78 is 20.1. The molecule has 0 aliphatic heterocycles. The van der Waals surface area contributed by atoms with E-state index in [-0.39, 0.29) is 0 Å². The van der Waals surface area contributed by atoms with Crippen LogP contribution in [-0.2, 0) is 23.6 Å². The van der Waals surface area contributed by atoms with Gasteiger partial charge in [0, 0.05) is 19.7 Å². The van der Waals surface area contributed by atoms with Crippen LogP contribution < -0.4 is 13.8 Å². The summed E-state index contributed by atoms with van der Waals surface area (Å²) in [4.78, 5) is 10.8. The molecule has 3 rings (SSSR count). The molecule has 3 aromatic carbocycles. The molecule has 12 heteroatoms. The van der Waals surface area contributed by atoms with Crippen molar-refractivity contribution in [3.8, 4) is 17.2 Å². The van der Waals surface area contributed by atoms with Gasteiger partial charge in [0.25, 0.3) is 0 Å². The first-order valence-corrected chi connectivity index (χ1v) is 15.6. The van der Waals surface area contributed by atoms with Gasteiger partial charge in [0.15, 0.2) is 0 Å². The second kappa shape index (κ2) is 13.9. The van der Waals surface area contributed by atoms with E-state index in [0.717, 1.165) is 23.2 Å². The normalized spacial score (nSPS) is 12.8. The average molecular weight is 561 g/mol. The Morgan fingerprint density at radius 1 is 0.667 bits per heavy atom. The van der Waals surface area contributed by atoms with Crippen LogP contribution in [0.3, 0.4) is 0 Å². The number of methoxy groups -OCH3 is 1. The summed E-state index contributed by atoms with van der Waals surface area (Å²) in [6, 6.07) is 21.8. The highest BCUT2D eigenvalue weighted by molar-refractivity contribution is 8.02. The number of nitrogens with zero attached hydrogens (tertiary/aromatic N) is 4. The Morgan fingerprint density at radius 2 is 1.03 bits per heavy atom. The van der Waals surface area contributed by atoms with Crippen molar-refractivity contribution in [1.82, 2.24) is 9.56 Å². The lowest BCUT2D eigenvalue weighted by atomic mass is 10.2. The number of hydrogen-bond acceptors (Lipinski definition) is 8. The van der Waals surface area contributed by atoms with E-state index in [1.165, 1.54) is 0 Å². The number of carbonyl (C=O) groups is 1. The maximum absolute atomic E-state index is 10.8. The van der Waals surface area contributed by atoms with Crippen LogP contribution in [0, 0.1) is 0 Å². The van der Waals surface area contributed by atoms with E-state index >= 15 is 0 Å². The zero-order valence-electron chi connectivity index (χ0n) is 19.9. The summed E-state index contributed by atoms with van der Waals surface area (Å²) in [7, 11) is 1.62. The van der Waals surface area contributed by atoms with Gasteiger partial charge in [0.2, 0.25) is 14.1 Å². The molecule has 0 aliphatic carbocycles. The summed E-state index contributed by atoms with van der Waals surface area (Å²) in [5.74, 6) is 2.05. The van der Waals surface area contributed by atoms with E-state index in [0.29, 0.717) is 17.1 Å². The van der Waals surface area contributed by atoms with Crippen LogP contribution in [-0.4, -0.2) is 49.5 Å². The molecule has 0 aliphatic rings. The molecule has 0 amide bonds. The Morgan fingerprint density at radius 3 is 1.39 bits per heavy atom. The van der Waals surface area contributed by atoms with Crippen molar-refractivity contribution in [2.24, 2.45) is 10.2 Å². The molecule has 0 saturated carbocycles. The third-order valence-corrected chi connectivity index (χ3v) is 8.90. The molecule has 0 saturated heterocycles. The van der Waals surface area contributed by atoms with E-state index in [1.54, 1.807) is 67.5 Å². The van der Waals surface area contributed by atoms with Gasteiger partial charge in [-0.05, 0) is 108 Å². The first-order valence-electron chi connectivity index (χ1n) is 10.7. The number of hydrogen-bond donors (Lipinski definition) is 0. The number of rotatable bonds is 12. The van der Waals surface area contributed by atoms with Crippen molar-refractivity contribution in [2.75, 3.05) is 21.2 Å². The maximum Gasteiger partial charge on any atom is 0.207 e. The molecular weight excluding hydrogens is 534 g/mol. The highest BCUT2D eigenvalue weighted by atomic mass is 32.4. The Kier molecular flexibility index (Phi) is 10.6. The van der Waals surface area contributed by atoms with Crippen molar-refractivity contribution >= 4 is 56.5 Å². The quantitative estimate of drug-likeness (QED) is 0.129. The van der Waals surface area contributed by atoms with Crippen molar-refractivity contribution < 1.29 is 18.6 Å². The lowest BCUT2D eigenvalue weighted by Gasteiger charge is -2.17. The van der Waals surface area contributed by atoms with Crippen LogP contribution in [0.5, 0.6) is 17.2 Å². The van der Waals surface area contributed by atoms with E-state index in [1.807, 2.05) is 48.5 Å². The third-order valence-electron chi connectivity index (χ3n) is 4.71. The predicted octanol–water partition coefficient (Wildman–Crippen LogP) is 5.21. The second-order valence-electron chi connectivity index (χ2n) is 7.30. The maximum atomic E-state index is 10.8. The molecule has 0 heterocycles. The van der Waals surface area contributed by atoms with Gasteiger partial charge in [-0.25, -0.2) is 9.56 Å². The fraction of sp³-hybridized carbons (Fsp3) is 0.125. The summed E-state index contributed by atoms with van der Waals surface area (Å²) >= 11 is 11.0. The minimum Gasteiger partial charge on any atom is -0.497 e. The van der Waals surface area contributed by atoms with Gasteiger partial charge in [0.1, 0.15) is 23.5 Å². The molecule has 0 aromatic heterocycles. The fourth-order valence-electron chi connectivity index (χ4n) is 2.66. The summed E-state index contributed by atoms with van der Waals surface area (Å²) in [6.45, 7) is 0. The zero-order valence-corrected chi connectivity index (χ0v) is 23.5. The minimum absolute atomic E-state index is 0.580. The van der Waals surface area contributed by atoms with Crippen LogP contribution in [0.1, 0.15) is 21.5 Å². The van der Waals surface area contributed by atoms with E-state index < -0.39 is 14.1 Å². The molecule has 0 bridgehead atoms. The standard InChI is InChI=1S/C24H26N4O4P2S2/c1-27(25-16-19-4-10-22(30-3)11-5-19)33(35)31-23-12-6-20(7-13-23)17-26-28(2)34(36)32-24-14-8-21(18-29)9-15-24/h4-18,33-34H,1-3H3/b25-16+,26-17+. The molecule has 188 valence electrons. The summed E-state index contributed by atoms with van der Waals surface area (Å²) in [5.41, 5.74) is 2.39. The molecule has 0 spiro atoms. The van der Waals surface area contributed by atoms with Crippen LogP contribution >= 0.6 is 14.1 Å². The predicted molar refractivity (Wildman–Crippen MR) is 155 cm³/mol. The van der Waals surface area contributed by atoms with Gasteiger partial charge >= 0.3 is 0 Å². The van der Waals surface area contributed by atoms with Gasteiger partial charge in [-0.15, -0.1) is 0 Å². The zero-order chi connectivity index (χ0) is 25.9. The molecule has 0 radical (unpaired) electrons. The first kappa shape index (κ1) is 27.6. The number of hydrazone groups is 2. The smallest absolute Gasteiger partial charge is 0.207 e. The fourth-order valence-corrected chi connectivity index (χ4v) is 4.76. The molecule has 8 nitrogen and oxygen atoms in total. The highest BCUT2D eigenvalue weighted by Crippen LogP contribution is 2.31. The van der Waals surface area contributed by atoms with Crippen molar-refractivity contribution in [3.63, 3.8) is 0 Å². The molecule has 36 heavy (non-hydrogen) atoms. The molecule has 2 atom stereocenters. The van der Waals surface area contributed by atoms with Crippen molar-refractivity contribution in [2.45, 2.75) is 0 Å². The van der Waals surface area contributed by atoms with E-state index in [4.69, 9.17) is 37.4 Å². The number of benzene rings is 3. The van der Waals surface area contributed by atoms with Gasteiger partial charge in [-0.1, -0.05) is 0 Å². The minimum atomic E-state index is -1.80. The molecule has 2 unspecified atom stereocenters. The van der Waals surface area contributed by atoms with Gasteiger partial charge in [0.05, 0.1) is 19.5 Å². The lowest BCUT2D eigenvalue weighted by molar-refractivity contribution is 0.112. The monoisotopic (exact) mass is 560 g/mol. The Hall–Kier alpha value is -3.03. The summed E-state index contributed by atoms with van der Waals surface area (Å²) in [6.07, 6.45) is 4.21. The van der Waals surface area contributed by atoms with Gasteiger partial charge in [-0.3, -0.25) is 4.79 Å². The van der Waals surface area contributed by atoms with E-state index in [2.05, 4.69) is 10.2 Å².